The Morgan fingerprint density at radius 1 is 1.06 bits per heavy atom. The second-order valence-electron chi connectivity index (χ2n) is 3.26. The van der Waals surface area contributed by atoms with Crippen molar-refractivity contribution in [3.8, 4) is 5.69 Å². The Morgan fingerprint density at radius 3 is 2.41 bits per heavy atom. The van der Waals surface area contributed by atoms with Gasteiger partial charge in [-0.15, -0.1) is 0 Å². The van der Waals surface area contributed by atoms with Gasteiger partial charge in [0.2, 0.25) is 0 Å². The highest BCUT2D eigenvalue weighted by molar-refractivity contribution is 5.93. The molecular weight excluding hydrogens is 224 g/mol. The first kappa shape index (κ1) is 10.9. The van der Waals surface area contributed by atoms with Crippen molar-refractivity contribution in [2.24, 2.45) is 0 Å². The van der Waals surface area contributed by atoms with Gasteiger partial charge in [-0.2, -0.15) is 5.10 Å². The third kappa shape index (κ3) is 1.87. The maximum atomic E-state index is 11.0. The number of carboxylic acid groups (broad SMARTS) is 2. The average Bonchev–Trinajstić information content (AvgIpc) is 2.77. The van der Waals surface area contributed by atoms with Crippen LogP contribution in [0.25, 0.3) is 5.69 Å². The van der Waals surface area contributed by atoms with E-state index in [1.807, 2.05) is 0 Å². The lowest BCUT2D eigenvalue weighted by molar-refractivity contribution is 0.0674. The van der Waals surface area contributed by atoms with Crippen molar-refractivity contribution in [3.05, 3.63) is 47.8 Å². The summed E-state index contributed by atoms with van der Waals surface area (Å²) in [5.74, 6) is -2.30. The van der Waals surface area contributed by atoms with E-state index in [1.165, 1.54) is 24.4 Å². The van der Waals surface area contributed by atoms with E-state index in [-0.39, 0.29) is 16.9 Å². The Morgan fingerprint density at radius 2 is 1.76 bits per heavy atom. The van der Waals surface area contributed by atoms with Crippen LogP contribution in [0.2, 0.25) is 0 Å². The molecule has 0 spiro atoms. The molecule has 0 aliphatic heterocycles. The summed E-state index contributed by atoms with van der Waals surface area (Å²) in [4.78, 5) is 21.9. The Hall–Kier alpha value is -2.63. The first-order chi connectivity index (χ1) is 8.11. The van der Waals surface area contributed by atoms with Crippen molar-refractivity contribution < 1.29 is 19.8 Å². The van der Waals surface area contributed by atoms with E-state index in [9.17, 15) is 9.59 Å². The Kier molecular flexibility index (Phi) is 2.61. The van der Waals surface area contributed by atoms with Crippen LogP contribution in [0.4, 0.5) is 0 Å². The number of aromatic nitrogens is 2. The summed E-state index contributed by atoms with van der Waals surface area (Å²) in [6.07, 6.45) is 1.31. The number of para-hydroxylation sites is 1. The van der Waals surface area contributed by atoms with E-state index >= 15 is 0 Å². The minimum Gasteiger partial charge on any atom is -0.478 e. The maximum Gasteiger partial charge on any atom is 0.354 e. The fourth-order valence-electron chi connectivity index (χ4n) is 1.50. The second-order valence-corrected chi connectivity index (χ2v) is 3.26. The van der Waals surface area contributed by atoms with Crippen molar-refractivity contribution >= 4 is 11.9 Å². The second kappa shape index (κ2) is 4.09. The van der Waals surface area contributed by atoms with E-state index in [4.69, 9.17) is 10.2 Å². The summed E-state index contributed by atoms with van der Waals surface area (Å²) >= 11 is 0. The fraction of sp³-hybridized carbons (Fsp3) is 0. The molecule has 6 nitrogen and oxygen atoms in total. The molecule has 2 rings (SSSR count). The summed E-state index contributed by atoms with van der Waals surface area (Å²) in [6, 6.07) is 7.39. The molecule has 86 valence electrons. The third-order valence-corrected chi connectivity index (χ3v) is 2.22. The van der Waals surface area contributed by atoms with Gasteiger partial charge in [-0.3, -0.25) is 0 Å². The Balaban J connectivity index is 2.64. The molecule has 0 aliphatic rings. The van der Waals surface area contributed by atoms with E-state index in [2.05, 4.69) is 5.10 Å². The standard InChI is InChI=1S/C11H8N2O4/c14-10(15)7-3-1-2-4-8(7)13-9(11(16)17)5-6-12-13/h1-6H,(H,14,15)(H,16,17). The van der Waals surface area contributed by atoms with Gasteiger partial charge < -0.3 is 10.2 Å². The number of aromatic carboxylic acids is 2. The highest BCUT2D eigenvalue weighted by Gasteiger charge is 2.16. The average molecular weight is 232 g/mol. The SMILES string of the molecule is O=C(O)c1ccccc1-n1nccc1C(=O)O. The zero-order valence-corrected chi connectivity index (χ0v) is 8.57. The monoisotopic (exact) mass is 232 g/mol. The van der Waals surface area contributed by atoms with E-state index in [0.717, 1.165) is 4.68 Å². The third-order valence-electron chi connectivity index (χ3n) is 2.22. The summed E-state index contributed by atoms with van der Waals surface area (Å²) in [6.45, 7) is 0. The number of hydrogen-bond acceptors (Lipinski definition) is 3. The molecule has 1 aromatic carbocycles. The smallest absolute Gasteiger partial charge is 0.354 e. The van der Waals surface area contributed by atoms with Gasteiger partial charge in [0.25, 0.3) is 0 Å². The molecule has 0 unspecified atom stereocenters. The minimum atomic E-state index is -1.16. The summed E-state index contributed by atoms with van der Waals surface area (Å²) in [5, 5.41) is 21.8. The van der Waals surface area contributed by atoms with Crippen molar-refractivity contribution in [3.63, 3.8) is 0 Å². The first-order valence-corrected chi connectivity index (χ1v) is 4.71. The Bertz CT molecular complexity index is 589. The van der Waals surface area contributed by atoms with Crippen molar-refractivity contribution in [1.82, 2.24) is 9.78 Å². The number of carbonyl (C=O) groups is 2. The van der Waals surface area contributed by atoms with Gasteiger partial charge in [0, 0.05) is 0 Å². The molecule has 1 aromatic heterocycles. The van der Waals surface area contributed by atoms with Gasteiger partial charge in [-0.25, -0.2) is 14.3 Å². The minimum absolute atomic E-state index is 0.00120. The summed E-state index contributed by atoms with van der Waals surface area (Å²) in [5.41, 5.74) is 0.139. The van der Waals surface area contributed by atoms with Crippen molar-refractivity contribution in [2.75, 3.05) is 0 Å². The van der Waals surface area contributed by atoms with Gasteiger partial charge in [0.05, 0.1) is 17.4 Å². The van der Waals surface area contributed by atoms with Crippen LogP contribution in [0.5, 0.6) is 0 Å². The predicted octanol–water partition coefficient (Wildman–Crippen LogP) is 1.27. The molecular formula is C11H8N2O4. The fourth-order valence-corrected chi connectivity index (χ4v) is 1.50. The van der Waals surface area contributed by atoms with E-state index < -0.39 is 11.9 Å². The molecule has 6 heteroatoms. The van der Waals surface area contributed by atoms with E-state index in [1.54, 1.807) is 12.1 Å². The van der Waals surface area contributed by atoms with Crippen molar-refractivity contribution in [2.45, 2.75) is 0 Å². The lowest BCUT2D eigenvalue weighted by atomic mass is 10.2. The summed E-state index contributed by atoms with van der Waals surface area (Å²) in [7, 11) is 0. The zero-order chi connectivity index (χ0) is 12.4. The lowest BCUT2D eigenvalue weighted by Crippen LogP contribution is -2.12. The molecule has 1 heterocycles. The van der Waals surface area contributed by atoms with Gasteiger partial charge in [0.1, 0.15) is 0 Å². The molecule has 0 amide bonds. The van der Waals surface area contributed by atoms with E-state index in [0.29, 0.717) is 0 Å². The van der Waals surface area contributed by atoms with Crippen LogP contribution in [-0.2, 0) is 0 Å². The lowest BCUT2D eigenvalue weighted by Gasteiger charge is -2.07. The van der Waals surface area contributed by atoms with Crippen LogP contribution in [0.15, 0.2) is 36.5 Å². The quantitative estimate of drug-likeness (QED) is 0.831. The maximum absolute atomic E-state index is 11.0. The van der Waals surface area contributed by atoms with Crippen LogP contribution in [0.3, 0.4) is 0 Å². The zero-order valence-electron chi connectivity index (χ0n) is 8.57. The van der Waals surface area contributed by atoms with Crippen molar-refractivity contribution in [1.29, 1.82) is 0 Å². The predicted molar refractivity (Wildman–Crippen MR) is 57.5 cm³/mol. The normalized spacial score (nSPS) is 10.1. The van der Waals surface area contributed by atoms with Crippen LogP contribution < -0.4 is 0 Å². The topological polar surface area (TPSA) is 92.4 Å². The molecule has 2 N–H and O–H groups in total. The number of rotatable bonds is 3. The first-order valence-electron chi connectivity index (χ1n) is 4.71. The van der Waals surface area contributed by atoms with Crippen LogP contribution >= 0.6 is 0 Å². The number of nitrogens with zero attached hydrogens (tertiary/aromatic N) is 2. The number of benzene rings is 1. The molecule has 2 aromatic rings. The Labute approximate surface area is 95.7 Å². The molecule has 0 saturated heterocycles. The number of hydrogen-bond donors (Lipinski definition) is 2. The van der Waals surface area contributed by atoms with Gasteiger partial charge in [-0.05, 0) is 18.2 Å². The van der Waals surface area contributed by atoms with Crippen LogP contribution in [-0.4, -0.2) is 31.9 Å². The summed E-state index contributed by atoms with van der Waals surface area (Å²) < 4.78 is 1.09. The van der Waals surface area contributed by atoms with Crippen LogP contribution in [0, 0.1) is 0 Å². The molecule has 0 saturated carbocycles. The van der Waals surface area contributed by atoms with Crippen LogP contribution in [0.1, 0.15) is 20.8 Å². The molecule has 0 fully saturated rings. The number of carboxylic acids is 2. The highest BCUT2D eigenvalue weighted by Crippen LogP contribution is 2.16. The molecule has 0 aliphatic carbocycles. The molecule has 0 bridgehead atoms. The molecule has 17 heavy (non-hydrogen) atoms. The largest absolute Gasteiger partial charge is 0.478 e. The molecule has 0 atom stereocenters. The molecule has 0 radical (unpaired) electrons. The van der Waals surface area contributed by atoms with Gasteiger partial charge in [0.15, 0.2) is 5.69 Å². The highest BCUT2D eigenvalue weighted by atomic mass is 16.4. The van der Waals surface area contributed by atoms with Gasteiger partial charge in [-0.1, -0.05) is 12.1 Å². The van der Waals surface area contributed by atoms with Gasteiger partial charge >= 0.3 is 11.9 Å².